The second kappa shape index (κ2) is 10.1. The van der Waals surface area contributed by atoms with Crippen molar-refractivity contribution in [1.29, 1.82) is 0 Å². The third-order valence-electron chi connectivity index (χ3n) is 5.40. The number of ether oxygens (including phenoxy) is 2. The summed E-state index contributed by atoms with van der Waals surface area (Å²) in [5.41, 5.74) is 1.71. The summed E-state index contributed by atoms with van der Waals surface area (Å²) in [5.74, 6) is 0.396. The summed E-state index contributed by atoms with van der Waals surface area (Å²) in [6.07, 6.45) is 4.06. The number of rotatable bonds is 7. The Kier molecular flexibility index (Phi) is 7.24. The van der Waals surface area contributed by atoms with E-state index in [1.165, 1.54) is 16.2 Å². The van der Waals surface area contributed by atoms with Crippen molar-refractivity contribution < 1.29 is 14.3 Å². The molecule has 0 radical (unpaired) electrons. The molecule has 2 aromatic rings. The smallest absolute Gasteiger partial charge is 0.267 e. The second-order valence-corrected chi connectivity index (χ2v) is 9.20. The first-order valence-corrected chi connectivity index (χ1v) is 11.9. The molecule has 0 bridgehead atoms. The maximum Gasteiger partial charge on any atom is 0.267 e. The van der Waals surface area contributed by atoms with Gasteiger partial charge in [-0.15, -0.1) is 0 Å². The van der Waals surface area contributed by atoms with Gasteiger partial charge in [-0.25, -0.2) is 4.98 Å². The van der Waals surface area contributed by atoms with Crippen molar-refractivity contribution >= 4 is 51.7 Å². The van der Waals surface area contributed by atoms with Crippen molar-refractivity contribution in [1.82, 2.24) is 14.3 Å². The number of carbonyl (C=O) groups is 1. The van der Waals surface area contributed by atoms with E-state index in [4.69, 9.17) is 26.7 Å². The number of pyridine rings is 1. The lowest BCUT2D eigenvalue weighted by atomic mass is 10.2. The highest BCUT2D eigenvalue weighted by Crippen LogP contribution is 2.33. The first kappa shape index (κ1) is 22.9. The Balaban J connectivity index is 1.74. The summed E-state index contributed by atoms with van der Waals surface area (Å²) < 4.78 is 12.9. The predicted molar refractivity (Wildman–Crippen MR) is 130 cm³/mol. The quantitative estimate of drug-likeness (QED) is 0.344. The molecule has 2 aliphatic rings. The van der Waals surface area contributed by atoms with Crippen molar-refractivity contribution in [2.24, 2.45) is 0 Å². The van der Waals surface area contributed by atoms with Gasteiger partial charge in [-0.3, -0.25) is 18.9 Å². The minimum absolute atomic E-state index is 0.182. The standard InChI is InChI=1S/C22H26N4O4S2/c1-3-29-11-5-8-26-21(28)17(32-22(26)31)14-16-19(24-9-12-30-13-10-24)23-18-15(2)6-4-7-25(18)20(16)27/h4,6-7,14H,3,5,8-13H2,1-2H3/b17-14+. The molecular formula is C22H26N4O4S2. The molecule has 4 heterocycles. The number of aryl methyl sites for hydroxylation is 1. The number of hydrogen-bond donors (Lipinski definition) is 0. The zero-order valence-electron chi connectivity index (χ0n) is 18.2. The average Bonchev–Trinajstić information content (AvgIpc) is 3.06. The maximum atomic E-state index is 13.5. The van der Waals surface area contributed by atoms with Crippen LogP contribution in [0.5, 0.6) is 0 Å². The third kappa shape index (κ3) is 4.59. The molecule has 8 nitrogen and oxygen atoms in total. The highest BCUT2D eigenvalue weighted by molar-refractivity contribution is 8.26. The minimum atomic E-state index is -0.207. The van der Waals surface area contributed by atoms with E-state index in [-0.39, 0.29) is 11.5 Å². The van der Waals surface area contributed by atoms with Crippen LogP contribution >= 0.6 is 24.0 Å². The van der Waals surface area contributed by atoms with Gasteiger partial charge in [0.05, 0.1) is 23.7 Å². The van der Waals surface area contributed by atoms with Crippen molar-refractivity contribution in [3.05, 3.63) is 44.7 Å². The second-order valence-electron chi connectivity index (χ2n) is 7.52. The van der Waals surface area contributed by atoms with Crippen LogP contribution in [0.3, 0.4) is 0 Å². The van der Waals surface area contributed by atoms with E-state index in [2.05, 4.69) is 0 Å². The first-order valence-electron chi connectivity index (χ1n) is 10.7. The molecule has 2 fully saturated rings. The Morgan fingerprint density at radius 1 is 1.31 bits per heavy atom. The molecule has 1 amide bonds. The fourth-order valence-electron chi connectivity index (χ4n) is 3.74. The van der Waals surface area contributed by atoms with Gasteiger partial charge in [0.15, 0.2) is 0 Å². The molecule has 4 rings (SSSR count). The Labute approximate surface area is 196 Å². The molecule has 32 heavy (non-hydrogen) atoms. The van der Waals surface area contributed by atoms with Crippen LogP contribution in [0.4, 0.5) is 5.82 Å². The highest BCUT2D eigenvalue weighted by atomic mass is 32.2. The van der Waals surface area contributed by atoms with Crippen LogP contribution in [0, 0.1) is 6.92 Å². The number of nitrogens with zero attached hydrogens (tertiary/aromatic N) is 4. The lowest BCUT2D eigenvalue weighted by Crippen LogP contribution is -2.38. The van der Waals surface area contributed by atoms with Gasteiger partial charge in [0.1, 0.15) is 15.8 Å². The van der Waals surface area contributed by atoms with Gasteiger partial charge < -0.3 is 14.4 Å². The number of anilines is 1. The number of thiocarbonyl (C=S) groups is 1. The summed E-state index contributed by atoms with van der Waals surface area (Å²) in [5, 5.41) is 0. The average molecular weight is 475 g/mol. The van der Waals surface area contributed by atoms with Gasteiger partial charge in [-0.05, 0) is 38.0 Å². The molecule has 2 aromatic heterocycles. The summed E-state index contributed by atoms with van der Waals surface area (Å²) in [4.78, 5) is 35.4. The number of morpholine rings is 1. The van der Waals surface area contributed by atoms with Gasteiger partial charge in [0.25, 0.3) is 11.5 Å². The molecule has 0 N–H and O–H groups in total. The molecule has 2 saturated heterocycles. The lowest BCUT2D eigenvalue weighted by molar-refractivity contribution is -0.122. The van der Waals surface area contributed by atoms with Gasteiger partial charge in [0, 0.05) is 39.0 Å². The number of aromatic nitrogens is 2. The minimum Gasteiger partial charge on any atom is -0.382 e. The van der Waals surface area contributed by atoms with E-state index < -0.39 is 0 Å². The third-order valence-corrected chi connectivity index (χ3v) is 6.78. The summed E-state index contributed by atoms with van der Waals surface area (Å²) >= 11 is 6.66. The van der Waals surface area contributed by atoms with Gasteiger partial charge >= 0.3 is 0 Å². The molecule has 170 valence electrons. The predicted octanol–water partition coefficient (Wildman–Crippen LogP) is 2.47. The molecular weight excluding hydrogens is 448 g/mol. The largest absolute Gasteiger partial charge is 0.382 e. The summed E-state index contributed by atoms with van der Waals surface area (Å²) in [6, 6.07) is 3.75. The van der Waals surface area contributed by atoms with Crippen molar-refractivity contribution in [2.75, 3.05) is 51.0 Å². The van der Waals surface area contributed by atoms with Gasteiger partial charge in [0.2, 0.25) is 0 Å². The van der Waals surface area contributed by atoms with Crippen LogP contribution in [0.15, 0.2) is 28.0 Å². The van der Waals surface area contributed by atoms with Crippen LogP contribution in [-0.4, -0.2) is 70.6 Å². The molecule has 0 atom stereocenters. The van der Waals surface area contributed by atoms with Gasteiger partial charge in [-0.1, -0.05) is 30.0 Å². The Morgan fingerprint density at radius 2 is 2.09 bits per heavy atom. The van der Waals surface area contributed by atoms with Crippen molar-refractivity contribution in [2.45, 2.75) is 20.3 Å². The van der Waals surface area contributed by atoms with Crippen molar-refractivity contribution in [3.8, 4) is 0 Å². The SMILES string of the molecule is CCOCCCN1C(=O)/C(=C\c2c(N3CCOCC3)nc3c(C)cccn3c2=O)SC1=S. The monoisotopic (exact) mass is 474 g/mol. The number of hydrogen-bond acceptors (Lipinski definition) is 8. The molecule has 0 aromatic carbocycles. The van der Waals surface area contributed by atoms with Crippen LogP contribution in [-0.2, 0) is 14.3 Å². The van der Waals surface area contributed by atoms with Crippen molar-refractivity contribution in [3.63, 3.8) is 0 Å². The summed E-state index contributed by atoms with van der Waals surface area (Å²) in [6.45, 7) is 7.97. The first-order chi connectivity index (χ1) is 15.5. The zero-order chi connectivity index (χ0) is 22.7. The van der Waals surface area contributed by atoms with Gasteiger partial charge in [-0.2, -0.15) is 0 Å². The van der Waals surface area contributed by atoms with Crippen LogP contribution in [0.2, 0.25) is 0 Å². The number of fused-ring (bicyclic) bond motifs is 1. The van der Waals surface area contributed by atoms with E-state index in [9.17, 15) is 9.59 Å². The van der Waals surface area contributed by atoms with E-state index in [0.717, 1.165) is 5.56 Å². The normalized spacial score (nSPS) is 18.4. The van der Waals surface area contributed by atoms with E-state index in [1.807, 2.05) is 30.9 Å². The van der Waals surface area contributed by atoms with Crippen LogP contribution in [0.25, 0.3) is 11.7 Å². The molecule has 0 spiro atoms. The Bertz CT molecular complexity index is 1120. The fourth-order valence-corrected chi connectivity index (χ4v) is 5.03. The van der Waals surface area contributed by atoms with E-state index in [1.54, 1.807) is 17.2 Å². The Hall–Kier alpha value is -2.27. The molecule has 0 unspecified atom stereocenters. The lowest BCUT2D eigenvalue weighted by Gasteiger charge is -2.29. The number of amides is 1. The van der Waals surface area contributed by atoms with E-state index in [0.29, 0.717) is 78.7 Å². The van der Waals surface area contributed by atoms with E-state index >= 15 is 0 Å². The molecule has 0 saturated carbocycles. The molecule has 2 aliphatic heterocycles. The van der Waals surface area contributed by atoms with Crippen LogP contribution < -0.4 is 10.5 Å². The van der Waals surface area contributed by atoms with Crippen LogP contribution in [0.1, 0.15) is 24.5 Å². The summed E-state index contributed by atoms with van der Waals surface area (Å²) in [7, 11) is 0. The fraction of sp³-hybridized carbons (Fsp3) is 0.455. The molecule has 10 heteroatoms. The number of thioether (sulfide) groups is 1. The number of carbonyl (C=O) groups excluding carboxylic acids is 1. The zero-order valence-corrected chi connectivity index (χ0v) is 19.8. The topological polar surface area (TPSA) is 76.4 Å². The molecule has 0 aliphatic carbocycles. The Morgan fingerprint density at radius 3 is 2.84 bits per heavy atom. The maximum absolute atomic E-state index is 13.5. The highest BCUT2D eigenvalue weighted by Gasteiger charge is 2.32.